The van der Waals surface area contributed by atoms with Gasteiger partial charge in [0.05, 0.1) is 0 Å². The number of carbonyl (C=O) groups excluding carboxylic acids is 1. The predicted molar refractivity (Wildman–Crippen MR) is 47.5 cm³/mol. The highest BCUT2D eigenvalue weighted by molar-refractivity contribution is 5.72. The van der Waals surface area contributed by atoms with Crippen LogP contribution in [0.25, 0.3) is 0 Å². The molecule has 0 bridgehead atoms. The van der Waals surface area contributed by atoms with Crippen molar-refractivity contribution in [3.8, 4) is 0 Å². The van der Waals surface area contributed by atoms with Crippen LogP contribution in [0.4, 0.5) is 0 Å². The fourth-order valence-electron chi connectivity index (χ4n) is 0.507. The van der Waals surface area contributed by atoms with Crippen LogP contribution in [0.15, 0.2) is 18.3 Å². The summed E-state index contributed by atoms with van der Waals surface area (Å²) in [4.78, 5) is 9.99. The average Bonchev–Trinajstić information content (AvgIpc) is 2.51. The first kappa shape index (κ1) is 10.7. The molecule has 1 heterocycles. The van der Waals surface area contributed by atoms with Crippen LogP contribution >= 0.6 is 0 Å². The molecule has 1 aromatic rings. The number of carbonyl (C=O) groups is 1. The van der Waals surface area contributed by atoms with E-state index in [1.54, 1.807) is 25.4 Å². The number of nitrogens with two attached hydrogens (primary N) is 1. The molecular weight excluding hydrogens is 156 g/mol. The third kappa shape index (κ3) is 3.78. The maximum atomic E-state index is 9.99. The van der Waals surface area contributed by atoms with Gasteiger partial charge in [0, 0.05) is 19.9 Å². The molecule has 4 heteroatoms. The fourth-order valence-corrected chi connectivity index (χ4v) is 0.507. The maximum absolute atomic E-state index is 9.99. The molecule has 68 valence electrons. The van der Waals surface area contributed by atoms with E-state index in [-0.39, 0.29) is 0 Å². The zero-order valence-electron chi connectivity index (χ0n) is 7.36. The molecule has 0 unspecified atom stereocenters. The molecule has 0 radical (unpaired) electrons. The number of hydrogen-bond donors (Lipinski definition) is 1. The summed E-state index contributed by atoms with van der Waals surface area (Å²) < 4.78 is 5.81. The second-order valence-electron chi connectivity index (χ2n) is 2.04. The largest absolute Gasteiger partial charge is 0.385 e. The highest BCUT2D eigenvalue weighted by Gasteiger charge is 1.89. The predicted octanol–water partition coefficient (Wildman–Crippen LogP) is 0.667. The van der Waals surface area contributed by atoms with Crippen molar-refractivity contribution in [3.05, 3.63) is 24.0 Å². The smallest absolute Gasteiger partial charge is 0.168 e. The zero-order chi connectivity index (χ0) is 9.40. The lowest BCUT2D eigenvalue weighted by molar-refractivity contribution is 0.111. The number of aromatic nitrogens is 1. The zero-order valence-corrected chi connectivity index (χ0v) is 7.36. The number of ether oxygens (including phenoxy) is 1. The minimum absolute atomic E-state index is 0.491. The molecule has 0 aromatic carbocycles. The number of methoxy groups -OCH3 is 1. The van der Waals surface area contributed by atoms with Gasteiger partial charge in [-0.25, -0.2) is 0 Å². The standard InChI is InChI=1S/C5H6N2O.C3H8O/c6-7-3-1-2-5(7)4-8;1-3-4-2/h1-4H,6H2;3H2,1-2H3. The molecule has 0 saturated heterocycles. The van der Waals surface area contributed by atoms with Gasteiger partial charge in [-0.15, -0.1) is 0 Å². The van der Waals surface area contributed by atoms with Crippen LogP contribution < -0.4 is 5.84 Å². The Labute approximate surface area is 71.9 Å². The Kier molecular flexibility index (Phi) is 5.73. The monoisotopic (exact) mass is 170 g/mol. The molecule has 0 fully saturated rings. The van der Waals surface area contributed by atoms with Crippen molar-refractivity contribution in [2.24, 2.45) is 0 Å². The fraction of sp³-hybridized carbons (Fsp3) is 0.375. The van der Waals surface area contributed by atoms with Crippen LogP contribution in [0.3, 0.4) is 0 Å². The highest BCUT2D eigenvalue weighted by Crippen LogP contribution is 1.90. The van der Waals surface area contributed by atoms with Gasteiger partial charge in [-0.2, -0.15) is 0 Å². The van der Waals surface area contributed by atoms with Crippen LogP contribution in [0.1, 0.15) is 17.4 Å². The quantitative estimate of drug-likeness (QED) is 0.524. The lowest BCUT2D eigenvalue weighted by Crippen LogP contribution is -2.09. The molecule has 4 nitrogen and oxygen atoms in total. The third-order valence-corrected chi connectivity index (χ3v) is 1.22. The van der Waals surface area contributed by atoms with Crippen molar-refractivity contribution in [3.63, 3.8) is 0 Å². The van der Waals surface area contributed by atoms with E-state index in [9.17, 15) is 4.79 Å². The van der Waals surface area contributed by atoms with E-state index in [0.717, 1.165) is 6.61 Å². The molecule has 1 aromatic heterocycles. The number of hydrogen-bond acceptors (Lipinski definition) is 3. The van der Waals surface area contributed by atoms with Crippen molar-refractivity contribution in [1.29, 1.82) is 0 Å². The molecule has 1 rings (SSSR count). The van der Waals surface area contributed by atoms with Crippen LogP contribution in [-0.4, -0.2) is 24.7 Å². The summed E-state index contributed by atoms with van der Waals surface area (Å²) >= 11 is 0. The summed E-state index contributed by atoms with van der Waals surface area (Å²) in [5, 5.41) is 0. The first-order valence-corrected chi connectivity index (χ1v) is 3.62. The minimum Gasteiger partial charge on any atom is -0.385 e. The highest BCUT2D eigenvalue weighted by atomic mass is 16.5. The topological polar surface area (TPSA) is 57.2 Å². The molecular formula is C8H14N2O2. The Morgan fingerprint density at radius 3 is 2.50 bits per heavy atom. The average molecular weight is 170 g/mol. The van der Waals surface area contributed by atoms with Crippen molar-refractivity contribution in [2.75, 3.05) is 19.6 Å². The van der Waals surface area contributed by atoms with Crippen LogP contribution in [0.2, 0.25) is 0 Å². The molecule has 12 heavy (non-hydrogen) atoms. The van der Waals surface area contributed by atoms with Gasteiger partial charge in [-0.05, 0) is 19.1 Å². The van der Waals surface area contributed by atoms with Gasteiger partial charge in [0.25, 0.3) is 0 Å². The summed E-state index contributed by atoms with van der Waals surface area (Å²) in [5.41, 5.74) is 0.491. The Morgan fingerprint density at radius 1 is 1.75 bits per heavy atom. The van der Waals surface area contributed by atoms with Crippen LogP contribution in [0.5, 0.6) is 0 Å². The van der Waals surface area contributed by atoms with Gasteiger partial charge in [-0.3, -0.25) is 9.47 Å². The second-order valence-corrected chi connectivity index (χ2v) is 2.04. The van der Waals surface area contributed by atoms with Crippen LogP contribution in [0, 0.1) is 0 Å². The van der Waals surface area contributed by atoms with Crippen LogP contribution in [-0.2, 0) is 4.74 Å². The molecule has 0 saturated carbocycles. The summed E-state index contributed by atoms with van der Waals surface area (Å²) in [7, 11) is 1.68. The first-order valence-electron chi connectivity index (χ1n) is 3.62. The first-order chi connectivity index (χ1) is 5.76. The summed E-state index contributed by atoms with van der Waals surface area (Å²) in [6, 6.07) is 3.36. The van der Waals surface area contributed by atoms with Gasteiger partial charge in [0.15, 0.2) is 6.29 Å². The van der Waals surface area contributed by atoms with E-state index in [1.807, 2.05) is 6.92 Å². The number of nitrogens with zero attached hydrogens (tertiary/aromatic N) is 1. The second kappa shape index (κ2) is 6.42. The van der Waals surface area contributed by atoms with E-state index in [1.165, 1.54) is 4.68 Å². The van der Waals surface area contributed by atoms with Crippen molar-refractivity contribution < 1.29 is 9.53 Å². The maximum Gasteiger partial charge on any atom is 0.168 e. The SMILES string of the molecule is CCOC.Nn1cccc1C=O. The van der Waals surface area contributed by atoms with Gasteiger partial charge in [0.1, 0.15) is 5.69 Å². The van der Waals surface area contributed by atoms with Gasteiger partial charge >= 0.3 is 0 Å². The Hall–Kier alpha value is -1.29. The number of rotatable bonds is 2. The molecule has 0 amide bonds. The van der Waals surface area contributed by atoms with E-state index in [4.69, 9.17) is 5.84 Å². The molecule has 0 aliphatic carbocycles. The van der Waals surface area contributed by atoms with E-state index < -0.39 is 0 Å². The molecule has 0 atom stereocenters. The lowest BCUT2D eigenvalue weighted by atomic mass is 10.5. The van der Waals surface area contributed by atoms with Gasteiger partial charge in [0.2, 0.25) is 0 Å². The Morgan fingerprint density at radius 2 is 2.33 bits per heavy atom. The van der Waals surface area contributed by atoms with Gasteiger partial charge in [-0.1, -0.05) is 0 Å². The Balaban J connectivity index is 0.000000261. The van der Waals surface area contributed by atoms with E-state index in [0.29, 0.717) is 12.0 Å². The van der Waals surface area contributed by atoms with Crippen molar-refractivity contribution >= 4 is 6.29 Å². The normalized spacial score (nSPS) is 8.50. The summed E-state index contributed by atoms with van der Waals surface area (Å²) in [6.07, 6.45) is 2.32. The van der Waals surface area contributed by atoms with Crippen molar-refractivity contribution in [2.45, 2.75) is 6.92 Å². The van der Waals surface area contributed by atoms with E-state index >= 15 is 0 Å². The molecule has 0 aliphatic heterocycles. The number of nitrogen functional groups attached to an aromatic ring is 1. The summed E-state index contributed by atoms with van der Waals surface area (Å²) in [6.45, 7) is 2.78. The Bertz CT molecular complexity index is 219. The third-order valence-electron chi connectivity index (χ3n) is 1.22. The lowest BCUT2D eigenvalue weighted by Gasteiger charge is -1.89. The minimum atomic E-state index is 0.491. The summed E-state index contributed by atoms with van der Waals surface area (Å²) in [5.74, 6) is 5.24. The molecule has 0 aliphatic rings. The molecule has 2 N–H and O–H groups in total. The van der Waals surface area contributed by atoms with Crippen molar-refractivity contribution in [1.82, 2.24) is 4.68 Å². The molecule has 0 spiro atoms. The number of aldehydes is 1. The van der Waals surface area contributed by atoms with Gasteiger partial charge < -0.3 is 10.6 Å². The van der Waals surface area contributed by atoms with E-state index in [2.05, 4.69) is 4.74 Å².